The molecule has 0 heterocycles. The molecule has 1 aromatic carbocycles. The van der Waals surface area contributed by atoms with Crippen LogP contribution in [0, 0.1) is 0 Å². The monoisotopic (exact) mass is 302 g/mol. The summed E-state index contributed by atoms with van der Waals surface area (Å²) in [5.74, 6) is -3.25. The third-order valence-corrected chi connectivity index (χ3v) is 2.50. The lowest BCUT2D eigenvalue weighted by molar-refractivity contribution is 0.00371. The molecule has 0 aromatic heterocycles. The smallest absolute Gasteiger partial charge is 0.412 e. The Morgan fingerprint density at radius 3 is 2.43 bits per heavy atom. The molecule has 0 atom stereocenters. The lowest BCUT2D eigenvalue weighted by Crippen LogP contribution is -2.28. The first kappa shape index (κ1) is 17.2. The van der Waals surface area contributed by atoms with E-state index in [1.807, 2.05) is 0 Å². The van der Waals surface area contributed by atoms with Gasteiger partial charge in [-0.1, -0.05) is 0 Å². The van der Waals surface area contributed by atoms with Crippen LogP contribution in [0.1, 0.15) is 26.3 Å². The van der Waals surface area contributed by atoms with Crippen molar-refractivity contribution in [1.29, 1.82) is 0 Å². The number of methoxy groups -OCH3 is 1. The highest BCUT2D eigenvalue weighted by Crippen LogP contribution is 2.36. The van der Waals surface area contributed by atoms with Gasteiger partial charge in [-0.25, -0.2) is 4.79 Å². The number of anilines is 1. The van der Waals surface area contributed by atoms with Crippen LogP contribution < -0.4 is 15.8 Å². The third kappa shape index (κ3) is 4.86. The molecule has 0 aliphatic carbocycles. The zero-order valence-corrected chi connectivity index (χ0v) is 12.5. The second-order valence-electron chi connectivity index (χ2n) is 5.45. The van der Waals surface area contributed by atoms with Crippen molar-refractivity contribution in [3.05, 3.63) is 23.8 Å². The maximum Gasteiger partial charge on any atom is 0.412 e. The predicted molar refractivity (Wildman–Crippen MR) is 75.8 cm³/mol. The van der Waals surface area contributed by atoms with Crippen molar-refractivity contribution >= 4 is 11.8 Å². The van der Waals surface area contributed by atoms with Gasteiger partial charge in [0.05, 0.1) is 19.2 Å². The topological polar surface area (TPSA) is 73.6 Å². The van der Waals surface area contributed by atoms with Crippen molar-refractivity contribution in [3.8, 4) is 5.75 Å². The number of alkyl halides is 2. The summed E-state index contributed by atoms with van der Waals surface area (Å²) >= 11 is 0. The van der Waals surface area contributed by atoms with Crippen molar-refractivity contribution in [2.45, 2.75) is 32.3 Å². The van der Waals surface area contributed by atoms with Crippen LogP contribution in [0.25, 0.3) is 0 Å². The van der Waals surface area contributed by atoms with E-state index in [0.717, 1.165) is 6.07 Å². The van der Waals surface area contributed by atoms with Gasteiger partial charge in [0.25, 0.3) is 5.92 Å². The van der Waals surface area contributed by atoms with Gasteiger partial charge < -0.3 is 15.2 Å². The molecule has 118 valence electrons. The van der Waals surface area contributed by atoms with Crippen molar-refractivity contribution in [3.63, 3.8) is 0 Å². The van der Waals surface area contributed by atoms with Gasteiger partial charge in [0.15, 0.2) is 0 Å². The molecule has 0 aliphatic rings. The average Bonchev–Trinajstić information content (AvgIpc) is 2.36. The second kappa shape index (κ2) is 6.26. The molecule has 1 rings (SSSR count). The number of benzene rings is 1. The summed E-state index contributed by atoms with van der Waals surface area (Å²) in [5.41, 5.74) is 4.19. The summed E-state index contributed by atoms with van der Waals surface area (Å²) in [5, 5.41) is 2.40. The molecule has 0 bridgehead atoms. The van der Waals surface area contributed by atoms with Gasteiger partial charge in [-0.2, -0.15) is 8.78 Å². The molecule has 3 N–H and O–H groups in total. The molecule has 0 saturated heterocycles. The van der Waals surface area contributed by atoms with Gasteiger partial charge in [0.1, 0.15) is 11.4 Å². The minimum Gasteiger partial charge on any atom is -0.496 e. The van der Waals surface area contributed by atoms with Gasteiger partial charge in [0, 0.05) is 5.69 Å². The van der Waals surface area contributed by atoms with Crippen LogP contribution in [-0.2, 0) is 10.7 Å². The number of hydrogen-bond donors (Lipinski definition) is 2. The minimum atomic E-state index is -3.25. The van der Waals surface area contributed by atoms with Gasteiger partial charge in [-0.3, -0.25) is 5.32 Å². The molecule has 7 heteroatoms. The Morgan fingerprint density at radius 1 is 1.33 bits per heavy atom. The average molecular weight is 302 g/mol. The minimum absolute atomic E-state index is 0.000175. The predicted octanol–water partition coefficient (Wildman–Crippen LogP) is 3.09. The van der Waals surface area contributed by atoms with E-state index in [1.54, 1.807) is 20.8 Å². The van der Waals surface area contributed by atoms with E-state index in [2.05, 4.69) is 5.32 Å². The Morgan fingerprint density at radius 2 is 1.95 bits per heavy atom. The summed E-state index contributed by atoms with van der Waals surface area (Å²) in [4.78, 5) is 11.6. The van der Waals surface area contributed by atoms with Gasteiger partial charge in [-0.15, -0.1) is 0 Å². The molecule has 0 spiro atoms. The summed E-state index contributed by atoms with van der Waals surface area (Å²) in [7, 11) is 1.28. The normalized spacial score (nSPS) is 12.0. The van der Waals surface area contributed by atoms with E-state index in [1.165, 1.54) is 19.2 Å². The summed E-state index contributed by atoms with van der Waals surface area (Å²) in [6.07, 6.45) is -0.727. The number of nitrogens with one attached hydrogen (secondary N) is 1. The van der Waals surface area contributed by atoms with Crippen molar-refractivity contribution < 1.29 is 23.0 Å². The van der Waals surface area contributed by atoms with E-state index in [4.69, 9.17) is 15.2 Å². The first-order valence-electron chi connectivity index (χ1n) is 6.35. The third-order valence-electron chi connectivity index (χ3n) is 2.50. The van der Waals surface area contributed by atoms with Gasteiger partial charge in [-0.05, 0) is 39.0 Å². The van der Waals surface area contributed by atoms with E-state index < -0.39 is 24.2 Å². The van der Waals surface area contributed by atoms with Gasteiger partial charge in [0.2, 0.25) is 0 Å². The maximum absolute atomic E-state index is 13.8. The number of ether oxygens (including phenoxy) is 2. The Labute approximate surface area is 122 Å². The van der Waals surface area contributed by atoms with Crippen molar-refractivity contribution in [2.24, 2.45) is 5.73 Å². The number of carbonyl (C=O) groups excluding carboxylic acids is 1. The molecule has 1 amide bonds. The fourth-order valence-electron chi connectivity index (χ4n) is 1.60. The first-order valence-corrected chi connectivity index (χ1v) is 6.35. The Hall–Kier alpha value is -1.89. The molecular formula is C14H20F2N2O3. The van der Waals surface area contributed by atoms with E-state index in [0.29, 0.717) is 0 Å². The largest absolute Gasteiger partial charge is 0.496 e. The van der Waals surface area contributed by atoms with Crippen molar-refractivity contribution in [1.82, 2.24) is 0 Å². The quantitative estimate of drug-likeness (QED) is 0.896. The van der Waals surface area contributed by atoms with E-state index in [-0.39, 0.29) is 17.0 Å². The molecule has 0 fully saturated rings. The van der Waals surface area contributed by atoms with Crippen molar-refractivity contribution in [2.75, 3.05) is 19.0 Å². The van der Waals surface area contributed by atoms with Crippen LogP contribution >= 0.6 is 0 Å². The SMILES string of the molecule is COc1ccc(NC(=O)OC(C)(C)C)cc1C(F)(F)CN. The second-order valence-corrected chi connectivity index (χ2v) is 5.45. The van der Waals surface area contributed by atoms with Crippen LogP contribution in [-0.4, -0.2) is 25.3 Å². The summed E-state index contributed by atoms with van der Waals surface area (Å²) < 4.78 is 37.5. The zero-order valence-electron chi connectivity index (χ0n) is 12.5. The standard InChI is InChI=1S/C14H20F2N2O3/c1-13(2,3)21-12(19)18-9-5-6-11(20-4)10(7-9)14(15,16)8-17/h5-7H,8,17H2,1-4H3,(H,18,19). The van der Waals surface area contributed by atoms with Crippen LogP contribution in [0.4, 0.5) is 19.3 Å². The van der Waals surface area contributed by atoms with Crippen LogP contribution in [0.15, 0.2) is 18.2 Å². The Kier molecular flexibility index (Phi) is 5.11. The zero-order chi connectivity index (χ0) is 16.3. The molecule has 0 radical (unpaired) electrons. The molecule has 5 nitrogen and oxygen atoms in total. The number of nitrogens with two attached hydrogens (primary N) is 1. The molecule has 0 aliphatic heterocycles. The number of rotatable bonds is 4. The highest BCUT2D eigenvalue weighted by atomic mass is 19.3. The molecule has 1 aromatic rings. The van der Waals surface area contributed by atoms with Crippen LogP contribution in [0.2, 0.25) is 0 Å². The van der Waals surface area contributed by atoms with Crippen LogP contribution in [0.5, 0.6) is 5.75 Å². The van der Waals surface area contributed by atoms with E-state index in [9.17, 15) is 13.6 Å². The van der Waals surface area contributed by atoms with Crippen LogP contribution in [0.3, 0.4) is 0 Å². The number of carbonyl (C=O) groups is 1. The summed E-state index contributed by atoms with van der Waals surface area (Å²) in [6, 6.07) is 3.90. The molecule has 0 saturated carbocycles. The Bertz CT molecular complexity index is 513. The molecule has 21 heavy (non-hydrogen) atoms. The maximum atomic E-state index is 13.8. The summed E-state index contributed by atoms with van der Waals surface area (Å²) in [6.45, 7) is 4.25. The first-order chi connectivity index (χ1) is 9.59. The van der Waals surface area contributed by atoms with E-state index >= 15 is 0 Å². The number of amides is 1. The molecular weight excluding hydrogens is 282 g/mol. The lowest BCUT2D eigenvalue weighted by Gasteiger charge is -2.21. The number of halogens is 2. The highest BCUT2D eigenvalue weighted by molar-refractivity contribution is 5.85. The fourth-order valence-corrected chi connectivity index (χ4v) is 1.60. The Balaban J connectivity index is 3.01. The lowest BCUT2D eigenvalue weighted by atomic mass is 10.1. The highest BCUT2D eigenvalue weighted by Gasteiger charge is 2.33. The van der Waals surface area contributed by atoms with Gasteiger partial charge >= 0.3 is 6.09 Å². The molecule has 0 unspecified atom stereocenters. The number of hydrogen-bond acceptors (Lipinski definition) is 4. The fraction of sp³-hybridized carbons (Fsp3) is 0.500.